The Morgan fingerprint density at radius 2 is 2.19 bits per heavy atom. The topological polar surface area (TPSA) is 71.7 Å². The molecule has 0 atom stereocenters. The largest absolute Gasteiger partial charge is 0.462 e. The lowest BCUT2D eigenvalue weighted by Crippen LogP contribution is -2.57. The summed E-state index contributed by atoms with van der Waals surface area (Å²) in [6.07, 6.45) is 1.53. The number of esters is 1. The van der Waals surface area contributed by atoms with Crippen LogP contribution in [-0.2, 0) is 4.74 Å². The maximum Gasteiger partial charge on any atom is 0.340 e. The van der Waals surface area contributed by atoms with Crippen LogP contribution in [0, 0.1) is 0 Å². The van der Waals surface area contributed by atoms with E-state index in [9.17, 15) is 4.79 Å². The fraction of sp³-hybridized carbons (Fsp3) is 0.600. The van der Waals surface area contributed by atoms with Gasteiger partial charge in [-0.3, -0.25) is 4.90 Å². The molecule has 2 heterocycles. The van der Waals surface area contributed by atoms with E-state index in [1.54, 1.807) is 13.0 Å². The van der Waals surface area contributed by atoms with E-state index in [1.807, 2.05) is 0 Å². The minimum Gasteiger partial charge on any atom is -0.462 e. The molecule has 0 aliphatic carbocycles. The standard InChI is InChI=1S/C15H24N4O2/c1-5-21-14(20)11-8-13(17-9-12(11)16)19-7-6-18(4)15(2,3)10-19/h8-9H,5-7,10,16H2,1-4H3. The third-order valence-electron chi connectivity index (χ3n) is 4.06. The second-order valence-corrected chi connectivity index (χ2v) is 6.01. The number of nitrogens with zero attached hydrogens (tertiary/aromatic N) is 3. The van der Waals surface area contributed by atoms with Crippen LogP contribution >= 0.6 is 0 Å². The molecule has 6 nitrogen and oxygen atoms in total. The van der Waals surface area contributed by atoms with Gasteiger partial charge in [-0.15, -0.1) is 0 Å². The normalized spacial score (nSPS) is 18.6. The van der Waals surface area contributed by atoms with Crippen molar-refractivity contribution in [2.75, 3.05) is 43.9 Å². The van der Waals surface area contributed by atoms with Gasteiger partial charge in [-0.05, 0) is 33.9 Å². The lowest BCUT2D eigenvalue weighted by atomic mass is 9.99. The lowest BCUT2D eigenvalue weighted by Gasteiger charge is -2.45. The molecule has 1 aliphatic heterocycles. The Bertz CT molecular complexity index is 530. The molecule has 0 bridgehead atoms. The van der Waals surface area contributed by atoms with Crippen LogP contribution < -0.4 is 10.6 Å². The van der Waals surface area contributed by atoms with Crippen LogP contribution in [0.1, 0.15) is 31.1 Å². The van der Waals surface area contributed by atoms with Gasteiger partial charge in [0.1, 0.15) is 5.82 Å². The molecule has 2 N–H and O–H groups in total. The molecule has 1 fully saturated rings. The number of rotatable bonds is 3. The van der Waals surface area contributed by atoms with Crippen molar-refractivity contribution in [1.29, 1.82) is 0 Å². The van der Waals surface area contributed by atoms with Crippen molar-refractivity contribution >= 4 is 17.5 Å². The molecule has 1 aromatic rings. The van der Waals surface area contributed by atoms with E-state index in [2.05, 4.69) is 35.7 Å². The third-order valence-corrected chi connectivity index (χ3v) is 4.06. The number of hydrogen-bond acceptors (Lipinski definition) is 6. The van der Waals surface area contributed by atoms with Gasteiger partial charge in [0.05, 0.1) is 24.1 Å². The van der Waals surface area contributed by atoms with E-state index in [-0.39, 0.29) is 5.54 Å². The van der Waals surface area contributed by atoms with Crippen LogP contribution in [0.15, 0.2) is 12.3 Å². The number of ether oxygens (including phenoxy) is 1. The maximum absolute atomic E-state index is 11.9. The maximum atomic E-state index is 11.9. The number of piperazine rings is 1. The zero-order valence-corrected chi connectivity index (χ0v) is 13.2. The van der Waals surface area contributed by atoms with Gasteiger partial charge in [-0.25, -0.2) is 9.78 Å². The fourth-order valence-electron chi connectivity index (χ4n) is 2.45. The zero-order chi connectivity index (χ0) is 15.6. The van der Waals surface area contributed by atoms with Crippen LogP contribution in [-0.4, -0.2) is 54.7 Å². The van der Waals surface area contributed by atoms with E-state index < -0.39 is 5.97 Å². The Balaban J connectivity index is 2.25. The summed E-state index contributed by atoms with van der Waals surface area (Å²) in [5.74, 6) is 0.375. The first kappa shape index (κ1) is 15.6. The average molecular weight is 292 g/mol. The van der Waals surface area contributed by atoms with E-state index in [1.165, 1.54) is 6.20 Å². The molecular formula is C15H24N4O2. The number of pyridine rings is 1. The summed E-state index contributed by atoms with van der Waals surface area (Å²) in [6.45, 7) is 9.18. The van der Waals surface area contributed by atoms with Gasteiger partial charge >= 0.3 is 5.97 Å². The van der Waals surface area contributed by atoms with E-state index >= 15 is 0 Å². The van der Waals surface area contributed by atoms with Gasteiger partial charge in [0.15, 0.2) is 0 Å². The van der Waals surface area contributed by atoms with Crippen molar-refractivity contribution in [2.24, 2.45) is 0 Å². The van der Waals surface area contributed by atoms with Crippen LogP contribution in [0.3, 0.4) is 0 Å². The Morgan fingerprint density at radius 3 is 2.81 bits per heavy atom. The first-order chi connectivity index (χ1) is 9.85. The number of aromatic nitrogens is 1. The highest BCUT2D eigenvalue weighted by atomic mass is 16.5. The lowest BCUT2D eigenvalue weighted by molar-refractivity contribution is 0.0527. The number of nitrogen functional groups attached to an aromatic ring is 1. The van der Waals surface area contributed by atoms with Gasteiger partial charge in [-0.1, -0.05) is 0 Å². The summed E-state index contributed by atoms with van der Waals surface area (Å²) in [5.41, 5.74) is 6.64. The van der Waals surface area contributed by atoms with E-state index in [0.29, 0.717) is 17.9 Å². The van der Waals surface area contributed by atoms with Gasteiger partial charge in [-0.2, -0.15) is 0 Å². The third kappa shape index (κ3) is 3.26. The minimum atomic E-state index is -0.396. The van der Waals surface area contributed by atoms with Crippen molar-refractivity contribution in [3.8, 4) is 0 Å². The molecule has 0 unspecified atom stereocenters. The number of likely N-dealkylation sites (N-methyl/N-ethyl adjacent to an activating group) is 1. The number of anilines is 2. The zero-order valence-electron chi connectivity index (χ0n) is 13.2. The highest BCUT2D eigenvalue weighted by Crippen LogP contribution is 2.25. The molecule has 116 valence electrons. The Morgan fingerprint density at radius 1 is 1.48 bits per heavy atom. The average Bonchev–Trinajstić information content (AvgIpc) is 2.42. The molecule has 2 rings (SSSR count). The van der Waals surface area contributed by atoms with Crippen molar-refractivity contribution in [3.63, 3.8) is 0 Å². The smallest absolute Gasteiger partial charge is 0.340 e. The summed E-state index contributed by atoms with van der Waals surface area (Å²) < 4.78 is 5.04. The Kier molecular flexibility index (Phi) is 4.37. The summed E-state index contributed by atoms with van der Waals surface area (Å²) in [7, 11) is 2.12. The molecule has 21 heavy (non-hydrogen) atoms. The van der Waals surface area contributed by atoms with Gasteiger partial charge < -0.3 is 15.4 Å². The monoisotopic (exact) mass is 292 g/mol. The predicted molar refractivity (Wildman–Crippen MR) is 83.5 cm³/mol. The summed E-state index contributed by atoms with van der Waals surface area (Å²) in [5, 5.41) is 0. The summed E-state index contributed by atoms with van der Waals surface area (Å²) >= 11 is 0. The Hall–Kier alpha value is -1.82. The number of carbonyl (C=O) groups is 1. The minimum absolute atomic E-state index is 0.0609. The molecule has 6 heteroatoms. The molecular weight excluding hydrogens is 268 g/mol. The van der Waals surface area contributed by atoms with Gasteiger partial charge in [0, 0.05) is 25.2 Å². The van der Waals surface area contributed by atoms with Crippen LogP contribution in [0.25, 0.3) is 0 Å². The first-order valence-electron chi connectivity index (χ1n) is 7.24. The SMILES string of the molecule is CCOC(=O)c1cc(N2CCN(C)C(C)(C)C2)ncc1N. The molecule has 0 radical (unpaired) electrons. The highest BCUT2D eigenvalue weighted by molar-refractivity contribution is 5.95. The molecule has 1 aliphatic rings. The van der Waals surface area contributed by atoms with Crippen molar-refractivity contribution in [1.82, 2.24) is 9.88 Å². The summed E-state index contributed by atoms with van der Waals surface area (Å²) in [4.78, 5) is 20.8. The van der Waals surface area contributed by atoms with Gasteiger partial charge in [0.2, 0.25) is 0 Å². The van der Waals surface area contributed by atoms with Crippen molar-refractivity contribution in [2.45, 2.75) is 26.3 Å². The number of carbonyl (C=O) groups excluding carboxylic acids is 1. The van der Waals surface area contributed by atoms with Crippen LogP contribution in [0.5, 0.6) is 0 Å². The number of nitrogens with two attached hydrogens (primary N) is 1. The first-order valence-corrected chi connectivity index (χ1v) is 7.24. The molecule has 0 spiro atoms. The number of hydrogen-bond donors (Lipinski definition) is 1. The van der Waals surface area contributed by atoms with Gasteiger partial charge in [0.25, 0.3) is 0 Å². The molecule has 0 aromatic carbocycles. The fourth-order valence-corrected chi connectivity index (χ4v) is 2.45. The second kappa shape index (κ2) is 5.89. The predicted octanol–water partition coefficient (Wildman–Crippen LogP) is 1.37. The molecule has 1 saturated heterocycles. The van der Waals surface area contributed by atoms with Crippen LogP contribution in [0.2, 0.25) is 0 Å². The van der Waals surface area contributed by atoms with E-state index in [4.69, 9.17) is 10.5 Å². The molecule has 0 saturated carbocycles. The quantitative estimate of drug-likeness (QED) is 0.848. The summed E-state index contributed by atoms with van der Waals surface area (Å²) in [6, 6.07) is 1.73. The van der Waals surface area contributed by atoms with Crippen LogP contribution in [0.4, 0.5) is 11.5 Å². The van der Waals surface area contributed by atoms with E-state index in [0.717, 1.165) is 25.5 Å². The second-order valence-electron chi connectivity index (χ2n) is 6.01. The highest BCUT2D eigenvalue weighted by Gasteiger charge is 2.32. The molecule has 1 aromatic heterocycles. The molecule has 0 amide bonds. The van der Waals surface area contributed by atoms with Crippen molar-refractivity contribution < 1.29 is 9.53 Å². The Labute approximate surface area is 125 Å². The van der Waals surface area contributed by atoms with Crippen molar-refractivity contribution in [3.05, 3.63) is 17.8 Å².